The van der Waals surface area contributed by atoms with Gasteiger partial charge in [-0.3, -0.25) is 0 Å². The minimum absolute atomic E-state index is 0.277. The summed E-state index contributed by atoms with van der Waals surface area (Å²) < 4.78 is 0. The van der Waals surface area contributed by atoms with Crippen molar-refractivity contribution < 1.29 is 19.6 Å². The first-order valence-corrected chi connectivity index (χ1v) is 6.52. The maximum atomic E-state index is 5.91. The molecule has 2 atom stereocenters. The quantitative estimate of drug-likeness (QED) is 0.445. The summed E-state index contributed by atoms with van der Waals surface area (Å²) in [5.74, 6) is -0.0430. The molecule has 0 N–H and O–H groups in total. The molecule has 0 aromatic rings. The van der Waals surface area contributed by atoms with E-state index < -0.39 is 5.79 Å². The second-order valence-corrected chi connectivity index (χ2v) is 5.18. The predicted octanol–water partition coefficient (Wildman–Crippen LogP) is 2.82. The van der Waals surface area contributed by atoms with Crippen LogP contribution in [-0.4, -0.2) is 24.9 Å². The summed E-state index contributed by atoms with van der Waals surface area (Å²) in [4.78, 5) is 21.3. The van der Waals surface area contributed by atoms with Gasteiger partial charge >= 0.3 is 0 Å². The Morgan fingerprint density at radius 3 is 2.53 bits per heavy atom. The second-order valence-electron chi connectivity index (χ2n) is 4.80. The fourth-order valence-electron chi connectivity index (χ4n) is 2.81. The number of allylic oxidation sites excluding steroid dienone is 1. The van der Waals surface area contributed by atoms with Crippen LogP contribution in [0.5, 0.6) is 0 Å². The third-order valence-electron chi connectivity index (χ3n) is 4.01. The molecule has 2 rings (SSSR count). The fourth-order valence-corrected chi connectivity index (χ4v) is 3.20. The molecule has 1 saturated carbocycles. The van der Waals surface area contributed by atoms with E-state index in [0.29, 0.717) is 19.1 Å². The Labute approximate surface area is 107 Å². The maximum Gasteiger partial charge on any atom is 0.239 e. The molecule has 2 fully saturated rings. The van der Waals surface area contributed by atoms with Gasteiger partial charge in [0.15, 0.2) is 0 Å². The Morgan fingerprint density at radius 1 is 1.35 bits per heavy atom. The van der Waals surface area contributed by atoms with Crippen molar-refractivity contribution in [3.8, 4) is 0 Å². The molecule has 98 valence electrons. The van der Waals surface area contributed by atoms with Crippen LogP contribution in [0.15, 0.2) is 12.7 Å². The lowest BCUT2D eigenvalue weighted by Gasteiger charge is -2.41. The molecule has 1 aliphatic carbocycles. The molecular formula is C12H19ClO4. The summed E-state index contributed by atoms with van der Waals surface area (Å²) in [6, 6.07) is 0. The van der Waals surface area contributed by atoms with Crippen molar-refractivity contribution in [2.75, 3.05) is 19.1 Å². The average Bonchev–Trinajstić information content (AvgIpc) is 2.50. The topological polar surface area (TPSA) is 36.9 Å². The van der Waals surface area contributed by atoms with Crippen molar-refractivity contribution in [3.63, 3.8) is 0 Å². The molecule has 1 saturated heterocycles. The Hall–Kier alpha value is -0.130. The molecule has 0 aromatic carbocycles. The van der Waals surface area contributed by atoms with E-state index in [9.17, 15) is 0 Å². The Morgan fingerprint density at radius 2 is 2.00 bits per heavy atom. The summed E-state index contributed by atoms with van der Waals surface area (Å²) in [6.07, 6.45) is 4.36. The van der Waals surface area contributed by atoms with E-state index in [4.69, 9.17) is 31.2 Å². The molecule has 0 aromatic heterocycles. The molecule has 0 unspecified atom stereocenters. The van der Waals surface area contributed by atoms with E-state index in [1.165, 1.54) is 0 Å². The van der Waals surface area contributed by atoms with Crippen LogP contribution in [-0.2, 0) is 19.6 Å². The van der Waals surface area contributed by atoms with E-state index in [1.54, 1.807) is 0 Å². The largest absolute Gasteiger partial charge is 0.239 e. The summed E-state index contributed by atoms with van der Waals surface area (Å²) in [5.41, 5.74) is -0.277. The maximum absolute atomic E-state index is 5.91. The van der Waals surface area contributed by atoms with Gasteiger partial charge in [-0.15, -0.1) is 18.2 Å². The molecule has 1 spiro atoms. The highest BCUT2D eigenvalue weighted by molar-refractivity contribution is 6.17. The van der Waals surface area contributed by atoms with Crippen molar-refractivity contribution in [2.24, 2.45) is 11.3 Å². The standard InChI is InChI=1S/C12H19ClO4/c1-3-10-4-5-12(11(10,2)6-7-13)16-14-8-9-15-17-12/h3,10H,1,4-9H2,2H3/t10-,11+/m1/s1. The van der Waals surface area contributed by atoms with Gasteiger partial charge in [-0.1, -0.05) is 13.0 Å². The van der Waals surface area contributed by atoms with E-state index in [-0.39, 0.29) is 11.3 Å². The van der Waals surface area contributed by atoms with Crippen LogP contribution in [0.4, 0.5) is 0 Å². The molecule has 17 heavy (non-hydrogen) atoms. The average molecular weight is 263 g/mol. The number of hydrogen-bond donors (Lipinski definition) is 0. The molecule has 4 nitrogen and oxygen atoms in total. The van der Waals surface area contributed by atoms with Crippen molar-refractivity contribution in [1.82, 2.24) is 0 Å². The number of hydrogen-bond acceptors (Lipinski definition) is 4. The van der Waals surface area contributed by atoms with Crippen LogP contribution in [0.1, 0.15) is 26.2 Å². The SMILES string of the molecule is C=C[C@@H]1CCC2(OOCCOO2)[C@@]1(C)CCCl. The summed E-state index contributed by atoms with van der Waals surface area (Å²) in [7, 11) is 0. The van der Waals surface area contributed by atoms with Gasteiger partial charge in [-0.05, 0) is 18.8 Å². The van der Waals surface area contributed by atoms with Crippen molar-refractivity contribution in [2.45, 2.75) is 32.0 Å². The Kier molecular flexibility index (Phi) is 4.10. The lowest BCUT2D eigenvalue weighted by Crippen LogP contribution is -2.48. The molecule has 2 aliphatic rings. The van der Waals surface area contributed by atoms with Crippen LogP contribution >= 0.6 is 11.6 Å². The van der Waals surface area contributed by atoms with E-state index in [2.05, 4.69) is 13.5 Å². The smallest absolute Gasteiger partial charge is 0.231 e. The van der Waals surface area contributed by atoms with Gasteiger partial charge in [0.05, 0.1) is 0 Å². The highest BCUT2D eigenvalue weighted by Crippen LogP contribution is 2.56. The van der Waals surface area contributed by atoms with Crippen LogP contribution in [0.3, 0.4) is 0 Å². The highest BCUT2D eigenvalue weighted by atomic mass is 35.5. The zero-order valence-electron chi connectivity index (χ0n) is 10.1. The molecule has 5 heteroatoms. The van der Waals surface area contributed by atoms with E-state index in [0.717, 1.165) is 19.3 Å². The van der Waals surface area contributed by atoms with Crippen molar-refractivity contribution >= 4 is 11.6 Å². The normalized spacial score (nSPS) is 36.9. The van der Waals surface area contributed by atoms with E-state index >= 15 is 0 Å². The summed E-state index contributed by atoms with van der Waals surface area (Å²) in [5, 5.41) is 0. The van der Waals surface area contributed by atoms with Crippen LogP contribution in [0.2, 0.25) is 0 Å². The van der Waals surface area contributed by atoms with Crippen LogP contribution in [0, 0.1) is 11.3 Å². The molecule has 0 bridgehead atoms. The Bertz CT molecular complexity index is 276. The van der Waals surface area contributed by atoms with Gasteiger partial charge in [-0.2, -0.15) is 9.78 Å². The minimum atomic E-state index is -0.864. The first kappa shape index (κ1) is 13.3. The fraction of sp³-hybridized carbons (Fsp3) is 0.833. The van der Waals surface area contributed by atoms with Gasteiger partial charge in [-0.25, -0.2) is 9.78 Å². The first-order valence-electron chi connectivity index (χ1n) is 5.98. The minimum Gasteiger partial charge on any atom is -0.231 e. The van der Waals surface area contributed by atoms with Crippen molar-refractivity contribution in [3.05, 3.63) is 12.7 Å². The zero-order chi connectivity index (χ0) is 12.4. The third-order valence-corrected chi connectivity index (χ3v) is 4.20. The van der Waals surface area contributed by atoms with Crippen molar-refractivity contribution in [1.29, 1.82) is 0 Å². The second kappa shape index (κ2) is 5.24. The van der Waals surface area contributed by atoms with Gasteiger partial charge in [0.25, 0.3) is 0 Å². The van der Waals surface area contributed by atoms with Gasteiger partial charge in [0.1, 0.15) is 13.2 Å². The molecule has 0 radical (unpaired) electrons. The Balaban J connectivity index is 2.27. The molecular weight excluding hydrogens is 244 g/mol. The lowest BCUT2D eigenvalue weighted by molar-refractivity contribution is -0.502. The molecule has 1 aliphatic heterocycles. The predicted molar refractivity (Wildman–Crippen MR) is 63.2 cm³/mol. The first-order chi connectivity index (χ1) is 8.18. The summed E-state index contributed by atoms with van der Waals surface area (Å²) in [6.45, 7) is 6.72. The molecule has 1 heterocycles. The van der Waals surface area contributed by atoms with Gasteiger partial charge in [0, 0.05) is 17.7 Å². The monoisotopic (exact) mass is 262 g/mol. The third kappa shape index (κ3) is 2.13. The number of rotatable bonds is 3. The number of alkyl halides is 1. The van der Waals surface area contributed by atoms with E-state index in [1.807, 2.05) is 6.08 Å². The lowest BCUT2D eigenvalue weighted by atomic mass is 9.74. The van der Waals surface area contributed by atoms with Crippen LogP contribution in [0.25, 0.3) is 0 Å². The van der Waals surface area contributed by atoms with Gasteiger partial charge < -0.3 is 0 Å². The zero-order valence-corrected chi connectivity index (χ0v) is 10.9. The summed E-state index contributed by atoms with van der Waals surface area (Å²) >= 11 is 5.91. The molecule has 0 amide bonds. The van der Waals surface area contributed by atoms with Gasteiger partial charge in [0.2, 0.25) is 5.79 Å². The number of halogens is 1. The highest BCUT2D eigenvalue weighted by Gasteiger charge is 2.61. The van der Waals surface area contributed by atoms with Crippen LogP contribution < -0.4 is 0 Å².